The molecule has 0 radical (unpaired) electrons. The molecule has 0 spiro atoms. The average molecular weight is 497 g/mol. The largest absolute Gasteiger partial charge is 0.496 e. The first-order valence-corrected chi connectivity index (χ1v) is 9.12. The lowest BCUT2D eigenvalue weighted by molar-refractivity contribution is 0.369. The van der Waals surface area contributed by atoms with E-state index in [1.165, 1.54) is 24.0 Å². The summed E-state index contributed by atoms with van der Waals surface area (Å²) in [5, 5.41) is 3.18. The van der Waals surface area contributed by atoms with Gasteiger partial charge in [0.2, 0.25) is 0 Å². The highest BCUT2D eigenvalue weighted by Gasteiger charge is 2.13. The zero-order chi connectivity index (χ0) is 19.2. The van der Waals surface area contributed by atoms with Gasteiger partial charge in [-0.2, -0.15) is 0 Å². The Labute approximate surface area is 183 Å². The van der Waals surface area contributed by atoms with Crippen molar-refractivity contribution in [2.45, 2.75) is 25.7 Å². The normalized spacial score (nSPS) is 12.8. The number of halogens is 1. The van der Waals surface area contributed by atoms with Crippen LogP contribution in [0.5, 0.6) is 17.2 Å². The number of guanidine groups is 1. The molecular formula is C21H28IN3O3. The molecular weight excluding hydrogens is 469 g/mol. The minimum Gasteiger partial charge on any atom is -0.496 e. The molecule has 152 valence electrons. The third-order valence-electron chi connectivity index (χ3n) is 4.83. The number of ether oxygens (including phenoxy) is 3. The third kappa shape index (κ3) is 5.21. The van der Waals surface area contributed by atoms with Crippen molar-refractivity contribution in [3.63, 3.8) is 0 Å². The molecule has 0 amide bonds. The van der Waals surface area contributed by atoms with Gasteiger partial charge in [-0.05, 0) is 48.9 Å². The van der Waals surface area contributed by atoms with Gasteiger partial charge < -0.3 is 25.3 Å². The standard InChI is InChI=1S/C21H27N3O3.HI/c1-25-17-12-19(26-2)18(20(13-17)27-3)9-10-23-21(22)24-16-8-7-14-5-4-6-15(14)11-16;/h7-8,11-13H,4-6,9-10H2,1-3H3,(H3,22,23,24);1H. The summed E-state index contributed by atoms with van der Waals surface area (Å²) in [5.41, 5.74) is 10.8. The van der Waals surface area contributed by atoms with E-state index in [0.717, 1.165) is 17.7 Å². The van der Waals surface area contributed by atoms with Crippen LogP contribution in [-0.4, -0.2) is 33.8 Å². The molecule has 0 aromatic heterocycles. The number of nitrogens with one attached hydrogen (secondary N) is 1. The molecule has 6 nitrogen and oxygen atoms in total. The predicted octanol–water partition coefficient (Wildman–Crippen LogP) is 3.79. The SMILES string of the molecule is COc1cc(OC)c(CCN=C(N)Nc2ccc3c(c2)CCC3)c(OC)c1.I. The second kappa shape index (κ2) is 10.4. The van der Waals surface area contributed by atoms with Crippen molar-refractivity contribution in [3.05, 3.63) is 47.0 Å². The van der Waals surface area contributed by atoms with Gasteiger partial charge in [-0.3, -0.25) is 4.99 Å². The first-order chi connectivity index (χ1) is 13.1. The molecule has 1 aliphatic carbocycles. The van der Waals surface area contributed by atoms with Gasteiger partial charge >= 0.3 is 0 Å². The van der Waals surface area contributed by atoms with Crippen LogP contribution in [-0.2, 0) is 19.3 Å². The fourth-order valence-corrected chi connectivity index (χ4v) is 3.45. The summed E-state index contributed by atoms with van der Waals surface area (Å²) in [6.45, 7) is 0.517. The summed E-state index contributed by atoms with van der Waals surface area (Å²) in [6.07, 6.45) is 4.18. The molecule has 0 saturated carbocycles. The van der Waals surface area contributed by atoms with Gasteiger partial charge in [0.25, 0.3) is 0 Å². The van der Waals surface area contributed by atoms with Crippen LogP contribution in [0.3, 0.4) is 0 Å². The number of nitrogens with two attached hydrogens (primary N) is 1. The highest BCUT2D eigenvalue weighted by molar-refractivity contribution is 14.0. The van der Waals surface area contributed by atoms with Gasteiger partial charge in [0.15, 0.2) is 5.96 Å². The first kappa shape index (κ1) is 22.1. The smallest absolute Gasteiger partial charge is 0.193 e. The number of fused-ring (bicyclic) bond motifs is 1. The van der Waals surface area contributed by atoms with E-state index in [9.17, 15) is 0 Å². The third-order valence-corrected chi connectivity index (χ3v) is 4.83. The van der Waals surface area contributed by atoms with E-state index in [2.05, 4.69) is 28.5 Å². The number of aryl methyl sites for hydroxylation is 2. The van der Waals surface area contributed by atoms with Crippen molar-refractivity contribution in [1.82, 2.24) is 0 Å². The van der Waals surface area contributed by atoms with Crippen molar-refractivity contribution >= 4 is 35.6 Å². The van der Waals surface area contributed by atoms with E-state index in [1.54, 1.807) is 21.3 Å². The number of rotatable bonds is 7. The molecule has 3 rings (SSSR count). The minimum absolute atomic E-state index is 0. The number of hydrogen-bond donors (Lipinski definition) is 2. The lowest BCUT2D eigenvalue weighted by Gasteiger charge is -2.14. The summed E-state index contributed by atoms with van der Waals surface area (Å²) in [7, 11) is 4.87. The molecule has 3 N–H and O–H groups in total. The molecule has 2 aromatic carbocycles. The van der Waals surface area contributed by atoms with Crippen LogP contribution < -0.4 is 25.3 Å². The monoisotopic (exact) mass is 497 g/mol. The van der Waals surface area contributed by atoms with E-state index in [0.29, 0.717) is 36.2 Å². The van der Waals surface area contributed by atoms with E-state index in [4.69, 9.17) is 19.9 Å². The van der Waals surface area contributed by atoms with Gasteiger partial charge in [0.1, 0.15) is 17.2 Å². The molecule has 0 heterocycles. The van der Waals surface area contributed by atoms with Crippen LogP contribution in [0.15, 0.2) is 35.3 Å². The quantitative estimate of drug-likeness (QED) is 0.346. The highest BCUT2D eigenvalue weighted by atomic mass is 127. The molecule has 0 atom stereocenters. The molecule has 28 heavy (non-hydrogen) atoms. The Balaban J connectivity index is 0.00000280. The van der Waals surface area contributed by atoms with Crippen molar-refractivity contribution in [2.24, 2.45) is 10.7 Å². The molecule has 1 aliphatic rings. The van der Waals surface area contributed by atoms with Crippen molar-refractivity contribution in [1.29, 1.82) is 0 Å². The van der Waals surface area contributed by atoms with Crippen LogP contribution in [0.4, 0.5) is 5.69 Å². The summed E-state index contributed by atoms with van der Waals surface area (Å²) in [4.78, 5) is 4.44. The van der Waals surface area contributed by atoms with Crippen LogP contribution >= 0.6 is 24.0 Å². The van der Waals surface area contributed by atoms with Crippen molar-refractivity contribution in [2.75, 3.05) is 33.2 Å². The second-order valence-electron chi connectivity index (χ2n) is 6.49. The lowest BCUT2D eigenvalue weighted by atomic mass is 10.1. The molecule has 0 aliphatic heterocycles. The summed E-state index contributed by atoms with van der Waals surface area (Å²) < 4.78 is 16.2. The number of methoxy groups -OCH3 is 3. The van der Waals surface area contributed by atoms with Crippen molar-refractivity contribution < 1.29 is 14.2 Å². The Hall–Kier alpha value is -2.16. The summed E-state index contributed by atoms with van der Waals surface area (Å²) >= 11 is 0. The molecule has 0 bridgehead atoms. The van der Waals surface area contributed by atoms with Gasteiger partial charge in [0.05, 0.1) is 21.3 Å². The topological polar surface area (TPSA) is 78.1 Å². The Morgan fingerprint density at radius 3 is 2.32 bits per heavy atom. The number of benzene rings is 2. The van der Waals surface area contributed by atoms with Gasteiger partial charge in [-0.25, -0.2) is 0 Å². The van der Waals surface area contributed by atoms with Crippen molar-refractivity contribution in [3.8, 4) is 17.2 Å². The van der Waals surface area contributed by atoms with Gasteiger partial charge in [-0.15, -0.1) is 24.0 Å². The first-order valence-electron chi connectivity index (χ1n) is 9.12. The number of anilines is 1. The predicted molar refractivity (Wildman–Crippen MR) is 124 cm³/mol. The van der Waals surface area contributed by atoms with Crippen LogP contribution in [0.1, 0.15) is 23.1 Å². The molecule has 0 saturated heterocycles. The van der Waals surface area contributed by atoms with Crippen LogP contribution in [0.25, 0.3) is 0 Å². The van der Waals surface area contributed by atoms with E-state index in [-0.39, 0.29) is 24.0 Å². The van der Waals surface area contributed by atoms with E-state index >= 15 is 0 Å². The number of nitrogens with zero attached hydrogens (tertiary/aromatic N) is 1. The van der Waals surface area contributed by atoms with Gasteiger partial charge in [0, 0.05) is 29.9 Å². The molecule has 0 unspecified atom stereocenters. The zero-order valence-corrected chi connectivity index (χ0v) is 18.9. The average Bonchev–Trinajstić information content (AvgIpc) is 3.15. The molecule has 0 fully saturated rings. The molecule has 2 aromatic rings. The van der Waals surface area contributed by atoms with Gasteiger partial charge in [-0.1, -0.05) is 6.07 Å². The maximum Gasteiger partial charge on any atom is 0.193 e. The Morgan fingerprint density at radius 1 is 1.00 bits per heavy atom. The van der Waals surface area contributed by atoms with E-state index in [1.807, 2.05) is 12.1 Å². The summed E-state index contributed by atoms with van der Waals surface area (Å²) in [6, 6.07) is 10.1. The molecule has 7 heteroatoms. The summed E-state index contributed by atoms with van der Waals surface area (Å²) in [5.74, 6) is 2.52. The fourth-order valence-electron chi connectivity index (χ4n) is 3.45. The van der Waals surface area contributed by atoms with Crippen LogP contribution in [0, 0.1) is 0 Å². The highest BCUT2D eigenvalue weighted by Crippen LogP contribution is 2.34. The maximum atomic E-state index is 6.06. The lowest BCUT2D eigenvalue weighted by Crippen LogP contribution is -2.23. The Bertz CT molecular complexity index is 815. The fraction of sp³-hybridized carbons (Fsp3) is 0.381. The Kier molecular flexibility index (Phi) is 8.22. The number of hydrogen-bond acceptors (Lipinski definition) is 4. The maximum absolute atomic E-state index is 6.06. The van der Waals surface area contributed by atoms with E-state index < -0.39 is 0 Å². The second-order valence-corrected chi connectivity index (χ2v) is 6.49. The number of aliphatic imine (C=N–C) groups is 1. The zero-order valence-electron chi connectivity index (χ0n) is 16.6. The Morgan fingerprint density at radius 2 is 1.68 bits per heavy atom. The van der Waals surface area contributed by atoms with Crippen LogP contribution in [0.2, 0.25) is 0 Å². The minimum atomic E-state index is 0.